The van der Waals surface area contributed by atoms with E-state index in [-0.39, 0.29) is 22.9 Å². The number of nitrogens with one attached hydrogen (secondary N) is 2. The Labute approximate surface area is 142 Å². The molecule has 8 heteroatoms. The Hall–Kier alpha value is -3.16. The highest BCUT2D eigenvalue weighted by molar-refractivity contribution is 6.06. The molecule has 0 bridgehead atoms. The Morgan fingerprint density at radius 2 is 1.76 bits per heavy atom. The van der Waals surface area contributed by atoms with Gasteiger partial charge >= 0.3 is 6.61 Å². The van der Waals surface area contributed by atoms with Gasteiger partial charge in [-0.25, -0.2) is 0 Å². The number of anilines is 1. The van der Waals surface area contributed by atoms with E-state index in [0.717, 1.165) is 0 Å². The quantitative estimate of drug-likeness (QED) is 0.840. The Kier molecular flexibility index (Phi) is 5.89. The molecule has 2 amide bonds. The van der Waals surface area contributed by atoms with Crippen LogP contribution in [0.1, 0.15) is 20.7 Å². The zero-order valence-corrected chi connectivity index (χ0v) is 13.5. The van der Waals surface area contributed by atoms with Gasteiger partial charge in [0, 0.05) is 18.2 Å². The van der Waals surface area contributed by atoms with Gasteiger partial charge in [-0.2, -0.15) is 8.78 Å². The van der Waals surface area contributed by atoms with Gasteiger partial charge in [-0.05, 0) is 36.4 Å². The minimum Gasteiger partial charge on any atom is -0.495 e. The minimum absolute atomic E-state index is 0.116. The smallest absolute Gasteiger partial charge is 0.387 e. The van der Waals surface area contributed by atoms with Crippen LogP contribution in [0.25, 0.3) is 0 Å². The number of rotatable bonds is 6. The van der Waals surface area contributed by atoms with Crippen LogP contribution in [-0.2, 0) is 0 Å². The lowest BCUT2D eigenvalue weighted by atomic mass is 10.1. The van der Waals surface area contributed by atoms with Crippen molar-refractivity contribution in [2.24, 2.45) is 0 Å². The third kappa shape index (κ3) is 4.66. The fourth-order valence-corrected chi connectivity index (χ4v) is 2.10. The van der Waals surface area contributed by atoms with E-state index in [2.05, 4.69) is 15.4 Å². The monoisotopic (exact) mass is 350 g/mol. The summed E-state index contributed by atoms with van der Waals surface area (Å²) in [6, 6.07) is 9.91. The van der Waals surface area contributed by atoms with Crippen LogP contribution in [0, 0.1) is 0 Å². The zero-order valence-electron chi connectivity index (χ0n) is 13.5. The van der Waals surface area contributed by atoms with E-state index in [1.807, 2.05) is 0 Å². The predicted octanol–water partition coefficient (Wildman–Crippen LogP) is 2.91. The van der Waals surface area contributed by atoms with Crippen molar-refractivity contribution in [1.29, 1.82) is 0 Å². The third-order valence-electron chi connectivity index (χ3n) is 3.26. The molecule has 0 saturated heterocycles. The van der Waals surface area contributed by atoms with Gasteiger partial charge in [0.15, 0.2) is 0 Å². The van der Waals surface area contributed by atoms with Gasteiger partial charge in [-0.3, -0.25) is 9.59 Å². The van der Waals surface area contributed by atoms with Crippen LogP contribution < -0.4 is 20.1 Å². The van der Waals surface area contributed by atoms with Crippen molar-refractivity contribution in [3.63, 3.8) is 0 Å². The van der Waals surface area contributed by atoms with Crippen LogP contribution in [0.3, 0.4) is 0 Å². The molecule has 0 fully saturated rings. The first-order valence-corrected chi connectivity index (χ1v) is 7.21. The molecule has 0 aliphatic rings. The van der Waals surface area contributed by atoms with E-state index in [0.29, 0.717) is 11.3 Å². The second-order valence-electron chi connectivity index (χ2n) is 4.85. The number of alkyl halides is 2. The van der Waals surface area contributed by atoms with Crippen molar-refractivity contribution in [2.45, 2.75) is 6.61 Å². The fraction of sp³-hybridized carbons (Fsp3) is 0.176. The molecule has 0 aliphatic heterocycles. The summed E-state index contributed by atoms with van der Waals surface area (Å²) in [7, 11) is 2.90. The highest BCUT2D eigenvalue weighted by Gasteiger charge is 2.14. The van der Waals surface area contributed by atoms with Crippen LogP contribution in [0.4, 0.5) is 14.5 Å². The number of halogens is 2. The summed E-state index contributed by atoms with van der Waals surface area (Å²) in [6.07, 6.45) is 0. The molecule has 2 aromatic rings. The van der Waals surface area contributed by atoms with Crippen molar-refractivity contribution in [3.8, 4) is 11.5 Å². The number of hydrogen-bond donors (Lipinski definition) is 2. The molecule has 2 aromatic carbocycles. The average molecular weight is 350 g/mol. The topological polar surface area (TPSA) is 76.7 Å². The van der Waals surface area contributed by atoms with Crippen LogP contribution in [-0.4, -0.2) is 32.6 Å². The molecule has 2 rings (SSSR count). The molecule has 0 spiro atoms. The van der Waals surface area contributed by atoms with Gasteiger partial charge in [0.1, 0.15) is 11.5 Å². The molecule has 0 saturated carbocycles. The molecule has 0 aromatic heterocycles. The lowest BCUT2D eigenvalue weighted by Gasteiger charge is -2.12. The highest BCUT2D eigenvalue weighted by Crippen LogP contribution is 2.26. The normalized spacial score (nSPS) is 10.3. The van der Waals surface area contributed by atoms with E-state index >= 15 is 0 Å². The van der Waals surface area contributed by atoms with E-state index in [1.165, 1.54) is 50.6 Å². The lowest BCUT2D eigenvalue weighted by Crippen LogP contribution is -2.19. The molecule has 132 valence electrons. The summed E-state index contributed by atoms with van der Waals surface area (Å²) >= 11 is 0. The van der Waals surface area contributed by atoms with Gasteiger partial charge in [0.25, 0.3) is 11.8 Å². The summed E-state index contributed by atoms with van der Waals surface area (Å²) in [6.45, 7) is -2.98. The molecule has 2 N–H and O–H groups in total. The van der Waals surface area contributed by atoms with Crippen molar-refractivity contribution in [3.05, 3.63) is 53.6 Å². The summed E-state index contributed by atoms with van der Waals surface area (Å²) in [4.78, 5) is 24.1. The number of carbonyl (C=O) groups excluding carboxylic acids is 2. The highest BCUT2D eigenvalue weighted by atomic mass is 19.3. The molecule has 25 heavy (non-hydrogen) atoms. The fourth-order valence-electron chi connectivity index (χ4n) is 2.10. The largest absolute Gasteiger partial charge is 0.495 e. The van der Waals surface area contributed by atoms with Crippen LogP contribution >= 0.6 is 0 Å². The van der Waals surface area contributed by atoms with Gasteiger partial charge in [-0.1, -0.05) is 6.07 Å². The predicted molar refractivity (Wildman–Crippen MR) is 87.4 cm³/mol. The standard InChI is InChI=1S/C17H16F2N2O4/c1-20-15(22)11-6-7-14(24-2)13(9-11)21-16(23)10-4-3-5-12(8-10)25-17(18)19/h3-9,17H,1-2H3,(H,20,22)(H,21,23). The summed E-state index contributed by atoms with van der Waals surface area (Å²) < 4.78 is 34.0. The average Bonchev–Trinajstić information content (AvgIpc) is 2.60. The van der Waals surface area contributed by atoms with Gasteiger partial charge < -0.3 is 20.1 Å². The SMILES string of the molecule is CNC(=O)c1ccc(OC)c(NC(=O)c2cccc(OC(F)F)c2)c1. The number of hydrogen-bond acceptors (Lipinski definition) is 4. The minimum atomic E-state index is -2.98. The second kappa shape index (κ2) is 8.09. The third-order valence-corrected chi connectivity index (χ3v) is 3.26. The molecular formula is C17H16F2N2O4. The maximum Gasteiger partial charge on any atom is 0.387 e. The Morgan fingerprint density at radius 1 is 1.04 bits per heavy atom. The molecule has 0 atom stereocenters. The first-order chi connectivity index (χ1) is 11.9. The molecular weight excluding hydrogens is 334 g/mol. The molecule has 0 heterocycles. The summed E-state index contributed by atoms with van der Waals surface area (Å²) in [5.41, 5.74) is 0.715. The second-order valence-corrected chi connectivity index (χ2v) is 4.85. The molecule has 6 nitrogen and oxygen atoms in total. The van der Waals surface area contributed by atoms with Crippen molar-refractivity contribution < 1.29 is 27.8 Å². The Bertz CT molecular complexity index is 781. The van der Waals surface area contributed by atoms with Crippen LogP contribution in [0.2, 0.25) is 0 Å². The number of methoxy groups -OCH3 is 1. The van der Waals surface area contributed by atoms with E-state index in [9.17, 15) is 18.4 Å². The molecule has 0 aliphatic carbocycles. The molecule has 0 unspecified atom stereocenters. The summed E-state index contributed by atoms with van der Waals surface area (Å²) in [5, 5.41) is 5.07. The van der Waals surface area contributed by atoms with Gasteiger partial charge in [0.05, 0.1) is 12.8 Å². The first kappa shape index (κ1) is 18.2. The van der Waals surface area contributed by atoms with E-state index in [1.54, 1.807) is 6.07 Å². The number of benzene rings is 2. The van der Waals surface area contributed by atoms with E-state index in [4.69, 9.17) is 4.74 Å². The molecule has 0 radical (unpaired) electrons. The van der Waals surface area contributed by atoms with E-state index < -0.39 is 12.5 Å². The van der Waals surface area contributed by atoms with Gasteiger partial charge in [-0.15, -0.1) is 0 Å². The Morgan fingerprint density at radius 3 is 2.40 bits per heavy atom. The van der Waals surface area contributed by atoms with Crippen molar-refractivity contribution >= 4 is 17.5 Å². The maximum atomic E-state index is 12.4. The zero-order chi connectivity index (χ0) is 18.4. The van der Waals surface area contributed by atoms with Crippen LogP contribution in [0.5, 0.6) is 11.5 Å². The van der Waals surface area contributed by atoms with Crippen molar-refractivity contribution in [1.82, 2.24) is 5.32 Å². The van der Waals surface area contributed by atoms with Crippen LogP contribution in [0.15, 0.2) is 42.5 Å². The summed E-state index contributed by atoms with van der Waals surface area (Å²) in [5.74, 6) is -0.674. The first-order valence-electron chi connectivity index (χ1n) is 7.21. The number of carbonyl (C=O) groups is 2. The number of ether oxygens (including phenoxy) is 2. The lowest BCUT2D eigenvalue weighted by molar-refractivity contribution is -0.0498. The van der Waals surface area contributed by atoms with Crippen molar-refractivity contribution in [2.75, 3.05) is 19.5 Å². The Balaban J connectivity index is 2.26. The van der Waals surface area contributed by atoms with Gasteiger partial charge in [0.2, 0.25) is 0 Å². The maximum absolute atomic E-state index is 12.4. The number of amides is 2.